The van der Waals surface area contributed by atoms with Crippen LogP contribution in [0.15, 0.2) is 46.1 Å². The van der Waals surface area contributed by atoms with E-state index in [-0.39, 0.29) is 17.5 Å². The summed E-state index contributed by atoms with van der Waals surface area (Å²) < 4.78 is 41.3. The highest BCUT2D eigenvalue weighted by atomic mass is 35.5. The van der Waals surface area contributed by atoms with Crippen molar-refractivity contribution < 1.29 is 17.9 Å². The lowest BCUT2D eigenvalue weighted by atomic mass is 9.92. The first-order chi connectivity index (χ1) is 21.6. The van der Waals surface area contributed by atoms with Crippen LogP contribution in [-0.2, 0) is 6.54 Å². The summed E-state index contributed by atoms with van der Waals surface area (Å²) in [6.45, 7) is 7.22. The van der Waals surface area contributed by atoms with E-state index < -0.39 is 17.2 Å². The molecule has 2 saturated heterocycles. The lowest BCUT2D eigenvalue weighted by molar-refractivity contribution is -0.274. The quantitative estimate of drug-likeness (QED) is 0.277. The van der Waals surface area contributed by atoms with E-state index in [0.717, 1.165) is 76.8 Å². The number of rotatable bonds is 10. The largest absolute Gasteiger partial charge is 0.573 e. The molecule has 1 atom stereocenters. The molecular formula is C32H38ClF3N6O3. The third-order valence-corrected chi connectivity index (χ3v) is 9.62. The highest BCUT2D eigenvalue weighted by molar-refractivity contribution is 6.33. The number of piperazine rings is 1. The standard InChI is InChI=1S/C32H38ClF3N6O3/c1-2-23-19-41(31-26(33)16-22(17-37-31)39-28-27(29(43)30(28)44)38-21-4-3-5-21)14-15-42(23)24-10-12-40(13-11-24)18-20-6-8-25(9-7-20)45-32(34,35)36/h6-9,16-17,21,23-24,38-39H,2-5,10-15,18-19H2,1H3/t23-/m0/s1. The lowest BCUT2D eigenvalue weighted by Crippen LogP contribution is -2.58. The zero-order chi connectivity index (χ0) is 31.7. The lowest BCUT2D eigenvalue weighted by Gasteiger charge is -2.47. The Morgan fingerprint density at radius 3 is 2.33 bits per heavy atom. The molecule has 2 N–H and O–H groups in total. The van der Waals surface area contributed by atoms with Crippen molar-refractivity contribution in [2.45, 2.75) is 76.5 Å². The highest BCUT2D eigenvalue weighted by Crippen LogP contribution is 2.33. The molecule has 1 aliphatic carbocycles. The van der Waals surface area contributed by atoms with E-state index in [9.17, 15) is 22.8 Å². The Labute approximate surface area is 265 Å². The maximum Gasteiger partial charge on any atom is 0.573 e. The van der Waals surface area contributed by atoms with Gasteiger partial charge in [0.25, 0.3) is 10.9 Å². The summed E-state index contributed by atoms with van der Waals surface area (Å²) in [5, 5.41) is 6.73. The van der Waals surface area contributed by atoms with Gasteiger partial charge in [-0.05, 0) is 75.4 Å². The summed E-state index contributed by atoms with van der Waals surface area (Å²) in [6.07, 6.45) is 3.13. The molecule has 6 rings (SSSR count). The Bertz CT molecular complexity index is 1550. The number of pyridine rings is 1. The number of aromatic nitrogens is 1. The van der Waals surface area contributed by atoms with E-state index in [2.05, 4.69) is 42.0 Å². The molecule has 1 saturated carbocycles. The normalized spacial score (nSPS) is 20.7. The van der Waals surface area contributed by atoms with Gasteiger partial charge >= 0.3 is 6.36 Å². The second-order valence-electron chi connectivity index (χ2n) is 12.3. The Balaban J connectivity index is 1.01. The number of ether oxygens (including phenoxy) is 1. The maximum atomic E-state index is 12.5. The summed E-state index contributed by atoms with van der Waals surface area (Å²) >= 11 is 6.72. The van der Waals surface area contributed by atoms with Crippen molar-refractivity contribution in [1.82, 2.24) is 14.8 Å². The van der Waals surface area contributed by atoms with Crippen LogP contribution in [0.1, 0.15) is 51.0 Å². The Morgan fingerprint density at radius 2 is 1.71 bits per heavy atom. The average Bonchev–Trinajstić information content (AvgIpc) is 3.00. The van der Waals surface area contributed by atoms with Crippen molar-refractivity contribution in [3.63, 3.8) is 0 Å². The molecule has 45 heavy (non-hydrogen) atoms. The first kappa shape index (κ1) is 31.6. The fourth-order valence-corrected chi connectivity index (χ4v) is 6.94. The zero-order valence-corrected chi connectivity index (χ0v) is 26.0. The number of halogens is 4. The molecular weight excluding hydrogens is 609 g/mol. The van der Waals surface area contributed by atoms with Gasteiger partial charge in [-0.15, -0.1) is 13.2 Å². The van der Waals surface area contributed by atoms with Crippen molar-refractivity contribution in [1.29, 1.82) is 0 Å². The van der Waals surface area contributed by atoms with Crippen molar-refractivity contribution in [3.8, 4) is 5.75 Å². The first-order valence-electron chi connectivity index (χ1n) is 15.7. The molecule has 0 spiro atoms. The highest BCUT2D eigenvalue weighted by Gasteiger charge is 2.34. The van der Waals surface area contributed by atoms with Gasteiger partial charge < -0.3 is 20.3 Å². The van der Waals surface area contributed by atoms with Gasteiger partial charge in [0.15, 0.2) is 0 Å². The van der Waals surface area contributed by atoms with Crippen LogP contribution in [0.4, 0.5) is 36.1 Å². The number of nitrogens with zero attached hydrogens (tertiary/aromatic N) is 4. The van der Waals surface area contributed by atoms with E-state index in [0.29, 0.717) is 40.8 Å². The molecule has 3 heterocycles. The van der Waals surface area contributed by atoms with E-state index in [4.69, 9.17) is 11.6 Å². The Morgan fingerprint density at radius 1 is 1.00 bits per heavy atom. The number of alkyl halides is 3. The fraction of sp³-hybridized carbons (Fsp3) is 0.531. The topological polar surface area (TPSA) is 90.0 Å². The molecule has 2 aliphatic heterocycles. The zero-order valence-electron chi connectivity index (χ0n) is 25.2. The van der Waals surface area contributed by atoms with E-state index >= 15 is 0 Å². The molecule has 3 aromatic rings. The van der Waals surface area contributed by atoms with Crippen LogP contribution in [-0.4, -0.2) is 72.0 Å². The molecule has 3 aliphatic rings. The van der Waals surface area contributed by atoms with Crippen LogP contribution in [0.3, 0.4) is 0 Å². The number of benzene rings is 1. The van der Waals surface area contributed by atoms with Crippen LogP contribution < -0.4 is 31.1 Å². The number of nitrogens with one attached hydrogen (secondary N) is 2. The summed E-state index contributed by atoms with van der Waals surface area (Å²) in [7, 11) is 0. The molecule has 0 radical (unpaired) electrons. The smallest absolute Gasteiger partial charge is 0.406 e. The Kier molecular flexibility index (Phi) is 9.26. The first-order valence-corrected chi connectivity index (χ1v) is 16.1. The molecule has 0 bridgehead atoms. The number of hydrogen-bond acceptors (Lipinski definition) is 9. The molecule has 0 amide bonds. The number of hydrogen-bond donors (Lipinski definition) is 2. The van der Waals surface area contributed by atoms with Gasteiger partial charge in [0.2, 0.25) is 0 Å². The molecule has 1 aromatic heterocycles. The minimum absolute atomic E-state index is 0.204. The van der Waals surface area contributed by atoms with Crippen LogP contribution in [0.5, 0.6) is 5.75 Å². The number of anilines is 4. The van der Waals surface area contributed by atoms with Gasteiger partial charge in [0, 0.05) is 44.3 Å². The van der Waals surface area contributed by atoms with Crippen LogP contribution in [0.25, 0.3) is 0 Å². The minimum atomic E-state index is -4.69. The molecule has 13 heteroatoms. The van der Waals surface area contributed by atoms with Gasteiger partial charge in [-0.3, -0.25) is 19.4 Å². The predicted octanol–water partition coefficient (Wildman–Crippen LogP) is 5.50. The number of piperidine rings is 1. The van der Waals surface area contributed by atoms with Crippen LogP contribution in [0, 0.1) is 0 Å². The van der Waals surface area contributed by atoms with E-state index in [1.54, 1.807) is 24.4 Å². The maximum absolute atomic E-state index is 12.5. The van der Waals surface area contributed by atoms with Gasteiger partial charge in [0.1, 0.15) is 22.9 Å². The van der Waals surface area contributed by atoms with Crippen molar-refractivity contribution >= 4 is 34.5 Å². The minimum Gasteiger partial charge on any atom is -0.406 e. The van der Waals surface area contributed by atoms with Crippen LogP contribution >= 0.6 is 11.6 Å². The summed E-state index contributed by atoms with van der Waals surface area (Å²) in [6, 6.07) is 8.92. The average molecular weight is 647 g/mol. The molecule has 9 nitrogen and oxygen atoms in total. The van der Waals surface area contributed by atoms with E-state index in [1.807, 2.05) is 0 Å². The molecule has 0 unspecified atom stereocenters. The molecule has 2 aromatic carbocycles. The summed E-state index contributed by atoms with van der Waals surface area (Å²) in [5.74, 6) is 0.504. The predicted molar refractivity (Wildman–Crippen MR) is 170 cm³/mol. The van der Waals surface area contributed by atoms with Crippen molar-refractivity contribution in [2.75, 3.05) is 48.3 Å². The fourth-order valence-electron chi connectivity index (χ4n) is 6.65. The second kappa shape index (κ2) is 13.2. The summed E-state index contributed by atoms with van der Waals surface area (Å²) in [4.78, 5) is 36.2. The van der Waals surface area contributed by atoms with E-state index in [1.165, 1.54) is 12.1 Å². The van der Waals surface area contributed by atoms with Crippen molar-refractivity contribution in [3.05, 3.63) is 67.6 Å². The third kappa shape index (κ3) is 7.23. The molecule has 3 fully saturated rings. The van der Waals surface area contributed by atoms with Gasteiger partial charge in [-0.2, -0.15) is 0 Å². The number of likely N-dealkylation sites (tertiary alicyclic amines) is 1. The monoisotopic (exact) mass is 646 g/mol. The third-order valence-electron chi connectivity index (χ3n) is 9.34. The van der Waals surface area contributed by atoms with Gasteiger partial charge in [-0.1, -0.05) is 30.7 Å². The van der Waals surface area contributed by atoms with Crippen molar-refractivity contribution in [2.24, 2.45) is 0 Å². The van der Waals surface area contributed by atoms with Gasteiger partial charge in [-0.25, -0.2) is 4.98 Å². The molecule has 242 valence electrons. The second-order valence-corrected chi connectivity index (χ2v) is 12.7. The SMILES string of the molecule is CC[C@H]1CN(c2ncc(Nc3c(NC4CCC4)c(=O)c3=O)cc2Cl)CCN1C1CCN(Cc2ccc(OC(F)(F)F)cc2)CC1. The van der Waals surface area contributed by atoms with Crippen LogP contribution in [0.2, 0.25) is 5.02 Å². The Hall–Kier alpha value is -3.35. The van der Waals surface area contributed by atoms with Gasteiger partial charge in [0.05, 0.1) is 16.9 Å². The summed E-state index contributed by atoms with van der Waals surface area (Å²) in [5.41, 5.74) is 1.14.